The molecule has 212 valence electrons. The monoisotopic (exact) mass is 528 g/mol. The molecule has 5 rings (SSSR count). The van der Waals surface area contributed by atoms with Crippen LogP contribution in [0.25, 0.3) is 0 Å². The zero-order valence-electron chi connectivity index (χ0n) is 24.5. The van der Waals surface area contributed by atoms with Crippen molar-refractivity contribution in [3.05, 3.63) is 46.5 Å². The van der Waals surface area contributed by atoms with Crippen molar-refractivity contribution in [1.82, 2.24) is 0 Å². The predicted molar refractivity (Wildman–Crippen MR) is 147 cm³/mol. The van der Waals surface area contributed by atoms with Crippen LogP contribution in [0.5, 0.6) is 0 Å². The van der Waals surface area contributed by atoms with Crippen LogP contribution in [0.4, 0.5) is 0 Å². The van der Waals surface area contributed by atoms with Crippen LogP contribution in [0.15, 0.2) is 35.4 Å². The SMILES string of the molecule is COC[C@]1(C)CC[C@H]2[C@@H]3CC[C@@]4(O)CC(OC)(OC)CCC4=C3[C@@H](c3ccc(C(OC)OC)cc3)C[C@@]21C. The first-order valence-electron chi connectivity index (χ1n) is 14.3. The Morgan fingerprint density at radius 1 is 0.921 bits per heavy atom. The van der Waals surface area contributed by atoms with E-state index >= 15 is 0 Å². The lowest BCUT2D eigenvalue weighted by Gasteiger charge is -2.58. The highest BCUT2D eigenvalue weighted by molar-refractivity contribution is 5.44. The summed E-state index contributed by atoms with van der Waals surface area (Å²) >= 11 is 0. The van der Waals surface area contributed by atoms with Crippen LogP contribution in [-0.4, -0.2) is 58.7 Å². The lowest BCUT2D eigenvalue weighted by molar-refractivity contribution is -0.246. The molecule has 1 aromatic carbocycles. The van der Waals surface area contributed by atoms with Crippen LogP contribution in [-0.2, 0) is 23.7 Å². The molecule has 1 N–H and O–H groups in total. The van der Waals surface area contributed by atoms with Gasteiger partial charge in [0.1, 0.15) is 0 Å². The molecule has 4 aliphatic carbocycles. The Labute approximate surface area is 229 Å². The maximum absolute atomic E-state index is 12.2. The topological polar surface area (TPSA) is 66.4 Å². The molecule has 0 amide bonds. The molecule has 0 radical (unpaired) electrons. The summed E-state index contributed by atoms with van der Waals surface area (Å²) in [6.45, 7) is 5.77. The minimum absolute atomic E-state index is 0.138. The lowest BCUT2D eigenvalue weighted by atomic mass is 9.48. The maximum Gasteiger partial charge on any atom is 0.183 e. The van der Waals surface area contributed by atoms with Crippen molar-refractivity contribution in [3.8, 4) is 0 Å². The van der Waals surface area contributed by atoms with Crippen LogP contribution >= 0.6 is 0 Å². The summed E-state index contributed by atoms with van der Waals surface area (Å²) in [5, 5.41) is 12.2. The molecule has 3 saturated carbocycles. The summed E-state index contributed by atoms with van der Waals surface area (Å²) in [6.07, 6.45) is 6.97. The Hall–Kier alpha value is -1.28. The number of methoxy groups -OCH3 is 5. The van der Waals surface area contributed by atoms with Gasteiger partial charge in [0, 0.05) is 59.9 Å². The van der Waals surface area contributed by atoms with E-state index < -0.39 is 11.4 Å². The van der Waals surface area contributed by atoms with Crippen LogP contribution in [0.2, 0.25) is 0 Å². The van der Waals surface area contributed by atoms with Gasteiger partial charge in [0.2, 0.25) is 0 Å². The smallest absolute Gasteiger partial charge is 0.183 e. The van der Waals surface area contributed by atoms with Crippen LogP contribution in [0.3, 0.4) is 0 Å². The van der Waals surface area contributed by atoms with E-state index in [4.69, 9.17) is 23.7 Å². The van der Waals surface area contributed by atoms with Crippen molar-refractivity contribution >= 4 is 0 Å². The first-order chi connectivity index (χ1) is 18.1. The van der Waals surface area contributed by atoms with Crippen molar-refractivity contribution in [1.29, 1.82) is 0 Å². The second-order valence-electron chi connectivity index (χ2n) is 12.9. The Morgan fingerprint density at radius 2 is 1.61 bits per heavy atom. The molecule has 6 heteroatoms. The van der Waals surface area contributed by atoms with E-state index in [1.54, 1.807) is 28.4 Å². The molecule has 0 heterocycles. The predicted octanol–water partition coefficient (Wildman–Crippen LogP) is 6.15. The standard InChI is InChI=1S/C32H48O6/c1-29(20-34-3)15-13-25-23-12-16-31(33)19-32(37-6,38-7)17-14-26(31)27(23)24(18-30(25,29)2)21-8-10-22(11-9-21)28(35-4)36-5/h8-11,23-25,28,33H,12-20H2,1-7H3/t23-,24+,25-,29-,30-,31+/m0/s1. The highest BCUT2D eigenvalue weighted by Crippen LogP contribution is 2.70. The van der Waals surface area contributed by atoms with E-state index in [0.717, 1.165) is 44.3 Å². The van der Waals surface area contributed by atoms with E-state index in [2.05, 4.69) is 38.1 Å². The molecular formula is C32H48O6. The minimum atomic E-state index is -0.881. The molecule has 0 spiro atoms. The zero-order chi connectivity index (χ0) is 27.3. The molecule has 3 fully saturated rings. The summed E-state index contributed by atoms with van der Waals surface area (Å²) in [7, 11) is 8.59. The number of benzene rings is 1. The highest BCUT2D eigenvalue weighted by atomic mass is 16.7. The van der Waals surface area contributed by atoms with Gasteiger partial charge >= 0.3 is 0 Å². The first kappa shape index (κ1) is 28.3. The molecule has 0 bridgehead atoms. The summed E-state index contributed by atoms with van der Waals surface area (Å²) in [4.78, 5) is 0. The largest absolute Gasteiger partial charge is 0.385 e. The Bertz CT molecular complexity index is 1030. The van der Waals surface area contributed by atoms with Gasteiger partial charge in [0.05, 0.1) is 12.2 Å². The highest BCUT2D eigenvalue weighted by Gasteiger charge is 2.63. The van der Waals surface area contributed by atoms with E-state index in [0.29, 0.717) is 18.3 Å². The van der Waals surface area contributed by atoms with Crippen molar-refractivity contribution < 1.29 is 28.8 Å². The average molecular weight is 529 g/mol. The summed E-state index contributed by atoms with van der Waals surface area (Å²) < 4.78 is 28.5. The molecule has 0 aliphatic heterocycles. The van der Waals surface area contributed by atoms with Gasteiger partial charge in [-0.05, 0) is 72.3 Å². The van der Waals surface area contributed by atoms with Crippen molar-refractivity contribution in [2.75, 3.05) is 42.2 Å². The molecule has 6 atom stereocenters. The third-order valence-corrected chi connectivity index (χ3v) is 11.4. The van der Waals surface area contributed by atoms with Gasteiger partial charge in [-0.1, -0.05) is 43.7 Å². The molecule has 0 aromatic heterocycles. The molecule has 38 heavy (non-hydrogen) atoms. The first-order valence-corrected chi connectivity index (χ1v) is 14.3. The summed E-state index contributed by atoms with van der Waals surface area (Å²) in [6, 6.07) is 8.79. The molecule has 6 nitrogen and oxygen atoms in total. The summed E-state index contributed by atoms with van der Waals surface area (Å²) in [5.41, 5.74) is 4.52. The second-order valence-corrected chi connectivity index (χ2v) is 12.9. The van der Waals surface area contributed by atoms with Crippen molar-refractivity contribution in [2.45, 2.75) is 88.8 Å². The van der Waals surface area contributed by atoms with Gasteiger partial charge in [-0.2, -0.15) is 0 Å². The quantitative estimate of drug-likeness (QED) is 0.323. The summed E-state index contributed by atoms with van der Waals surface area (Å²) in [5.74, 6) is 0.627. The molecule has 0 unspecified atom stereocenters. The van der Waals surface area contributed by atoms with Crippen LogP contribution in [0, 0.1) is 22.7 Å². The van der Waals surface area contributed by atoms with Gasteiger partial charge in [-0.3, -0.25) is 0 Å². The average Bonchev–Trinajstić information content (AvgIpc) is 3.18. The Morgan fingerprint density at radius 3 is 2.21 bits per heavy atom. The zero-order valence-corrected chi connectivity index (χ0v) is 24.5. The van der Waals surface area contributed by atoms with E-state index in [1.165, 1.54) is 29.6 Å². The lowest BCUT2D eigenvalue weighted by Crippen LogP contribution is -2.55. The number of allylic oxidation sites excluding steroid dienone is 1. The van der Waals surface area contributed by atoms with Gasteiger partial charge in [-0.15, -0.1) is 0 Å². The number of hydrogen-bond donors (Lipinski definition) is 1. The molecule has 4 aliphatic rings. The van der Waals surface area contributed by atoms with Crippen LogP contribution in [0.1, 0.15) is 88.5 Å². The third kappa shape index (κ3) is 4.22. The number of ether oxygens (including phenoxy) is 5. The molecular weight excluding hydrogens is 480 g/mol. The molecule has 0 saturated heterocycles. The van der Waals surface area contributed by atoms with Gasteiger partial charge < -0.3 is 28.8 Å². The maximum atomic E-state index is 12.2. The number of aliphatic hydroxyl groups is 1. The van der Waals surface area contributed by atoms with Crippen molar-refractivity contribution in [3.63, 3.8) is 0 Å². The number of rotatable bonds is 8. The Balaban J connectivity index is 1.62. The fraction of sp³-hybridized carbons (Fsp3) is 0.750. The van der Waals surface area contributed by atoms with E-state index in [1.807, 2.05) is 7.11 Å². The normalized spacial score (nSPS) is 38.2. The van der Waals surface area contributed by atoms with Crippen LogP contribution < -0.4 is 0 Å². The third-order valence-electron chi connectivity index (χ3n) is 11.4. The van der Waals surface area contributed by atoms with Gasteiger partial charge in [0.25, 0.3) is 0 Å². The fourth-order valence-electron chi connectivity index (χ4n) is 9.14. The fourth-order valence-corrected chi connectivity index (χ4v) is 9.14. The minimum Gasteiger partial charge on any atom is -0.385 e. The van der Waals surface area contributed by atoms with E-state index in [9.17, 15) is 5.11 Å². The van der Waals surface area contributed by atoms with Gasteiger partial charge in [0.15, 0.2) is 12.1 Å². The number of fused-ring (bicyclic) bond motifs is 4. The van der Waals surface area contributed by atoms with E-state index in [-0.39, 0.29) is 23.0 Å². The Kier molecular flexibility index (Phi) is 7.64. The van der Waals surface area contributed by atoms with Gasteiger partial charge in [-0.25, -0.2) is 0 Å². The molecule has 1 aromatic rings. The number of hydrogen-bond acceptors (Lipinski definition) is 6. The second kappa shape index (κ2) is 10.3. The van der Waals surface area contributed by atoms with Crippen molar-refractivity contribution in [2.24, 2.45) is 22.7 Å².